The predicted molar refractivity (Wildman–Crippen MR) is 98.2 cm³/mol. The molecule has 2 heterocycles. The number of anilines is 3. The Morgan fingerprint density at radius 3 is 2.16 bits per heavy atom. The lowest BCUT2D eigenvalue weighted by molar-refractivity contribution is 0.802. The summed E-state index contributed by atoms with van der Waals surface area (Å²) < 4.78 is 0. The summed E-state index contributed by atoms with van der Waals surface area (Å²) >= 11 is 0. The normalized spacial score (nSPS) is 13.8. The van der Waals surface area contributed by atoms with Gasteiger partial charge >= 0.3 is 0 Å². The average Bonchev–Trinajstić information content (AvgIpc) is 3.40. The van der Waals surface area contributed by atoms with Gasteiger partial charge in [0.1, 0.15) is 0 Å². The van der Waals surface area contributed by atoms with Crippen molar-refractivity contribution in [3.05, 3.63) is 42.4 Å². The van der Waals surface area contributed by atoms with Crippen LogP contribution in [0.2, 0.25) is 0 Å². The van der Waals surface area contributed by atoms with Crippen molar-refractivity contribution in [1.29, 1.82) is 0 Å². The van der Waals surface area contributed by atoms with Gasteiger partial charge in [0, 0.05) is 29.2 Å². The molecule has 0 bridgehead atoms. The zero-order valence-electron chi connectivity index (χ0n) is 13.7. The van der Waals surface area contributed by atoms with Gasteiger partial charge < -0.3 is 17.2 Å². The van der Waals surface area contributed by atoms with E-state index in [4.69, 9.17) is 17.2 Å². The molecule has 6 N–H and O–H groups in total. The van der Waals surface area contributed by atoms with Gasteiger partial charge in [0.05, 0.1) is 11.4 Å². The number of benzene rings is 1. The van der Waals surface area contributed by atoms with E-state index in [1.54, 1.807) is 12.4 Å². The molecule has 0 unspecified atom stereocenters. The lowest BCUT2D eigenvalue weighted by Gasteiger charge is -2.13. The smallest absolute Gasteiger partial charge is 0.220 e. The van der Waals surface area contributed by atoms with Crippen LogP contribution < -0.4 is 17.2 Å². The predicted octanol–water partition coefficient (Wildman–Crippen LogP) is 2.30. The zero-order valence-corrected chi connectivity index (χ0v) is 13.7. The largest absolute Gasteiger partial charge is 0.399 e. The van der Waals surface area contributed by atoms with Crippen LogP contribution in [0.25, 0.3) is 22.4 Å². The highest BCUT2D eigenvalue weighted by Crippen LogP contribution is 2.37. The van der Waals surface area contributed by atoms with Crippen molar-refractivity contribution in [2.75, 3.05) is 17.2 Å². The van der Waals surface area contributed by atoms with Crippen molar-refractivity contribution in [1.82, 2.24) is 19.9 Å². The number of hydrogen-bond acceptors (Lipinski definition) is 7. The van der Waals surface area contributed by atoms with Crippen molar-refractivity contribution in [2.45, 2.75) is 19.3 Å². The summed E-state index contributed by atoms with van der Waals surface area (Å²) in [6.45, 7) is 0. The van der Waals surface area contributed by atoms with Crippen LogP contribution in [0.1, 0.15) is 18.5 Å². The second kappa shape index (κ2) is 6.01. The topological polar surface area (TPSA) is 130 Å². The second-order valence-corrected chi connectivity index (χ2v) is 6.35. The Kier molecular flexibility index (Phi) is 3.68. The van der Waals surface area contributed by atoms with Gasteiger partial charge in [-0.05, 0) is 42.9 Å². The first-order valence-electron chi connectivity index (χ1n) is 8.20. The third kappa shape index (κ3) is 3.21. The lowest BCUT2D eigenvalue weighted by atomic mass is 9.99. The number of nitrogen functional groups attached to an aromatic ring is 3. The number of aromatic nitrogens is 4. The summed E-state index contributed by atoms with van der Waals surface area (Å²) in [7, 11) is 0. The summed E-state index contributed by atoms with van der Waals surface area (Å²) in [5.41, 5.74) is 22.4. The van der Waals surface area contributed by atoms with Gasteiger partial charge in [-0.3, -0.25) is 0 Å². The maximum Gasteiger partial charge on any atom is 0.220 e. The van der Waals surface area contributed by atoms with E-state index in [9.17, 15) is 0 Å². The summed E-state index contributed by atoms with van der Waals surface area (Å²) in [5, 5.41) is 0. The molecule has 7 heteroatoms. The van der Waals surface area contributed by atoms with Crippen LogP contribution in [0.4, 0.5) is 17.6 Å². The first-order chi connectivity index (χ1) is 12.1. The van der Waals surface area contributed by atoms with Gasteiger partial charge in [-0.25, -0.2) is 19.9 Å². The van der Waals surface area contributed by atoms with E-state index in [-0.39, 0.29) is 11.9 Å². The third-order valence-electron chi connectivity index (χ3n) is 4.35. The van der Waals surface area contributed by atoms with Gasteiger partial charge in [0.2, 0.25) is 11.9 Å². The molecule has 1 saturated carbocycles. The van der Waals surface area contributed by atoms with Crippen molar-refractivity contribution in [2.24, 2.45) is 5.92 Å². The van der Waals surface area contributed by atoms with Gasteiger partial charge in [0.15, 0.2) is 0 Å². The molecule has 0 aliphatic heterocycles. The highest BCUT2D eigenvalue weighted by molar-refractivity contribution is 5.82. The van der Waals surface area contributed by atoms with Crippen molar-refractivity contribution >= 4 is 17.6 Å². The molecule has 4 rings (SSSR count). The van der Waals surface area contributed by atoms with Crippen molar-refractivity contribution in [3.63, 3.8) is 0 Å². The van der Waals surface area contributed by atoms with Crippen molar-refractivity contribution < 1.29 is 0 Å². The molecule has 0 spiro atoms. The standard InChI is InChI=1S/C18H19N7/c19-12-5-3-11(4-6-12)13-8-22-18(21)25-16(13)14-9-23-17(20)24-15(14)7-10-1-2-10/h3-6,8-10H,1-2,7,19H2,(H2,20,23,24)(H2,21,22,25). The molecular weight excluding hydrogens is 314 g/mol. The molecule has 3 aromatic rings. The average molecular weight is 333 g/mol. The zero-order chi connectivity index (χ0) is 17.4. The monoisotopic (exact) mass is 333 g/mol. The third-order valence-corrected chi connectivity index (χ3v) is 4.35. The molecule has 7 nitrogen and oxygen atoms in total. The highest BCUT2D eigenvalue weighted by Gasteiger charge is 2.25. The molecule has 1 aromatic carbocycles. The van der Waals surface area contributed by atoms with E-state index < -0.39 is 0 Å². The van der Waals surface area contributed by atoms with E-state index in [2.05, 4.69) is 19.9 Å². The minimum atomic E-state index is 0.211. The van der Waals surface area contributed by atoms with E-state index in [0.717, 1.165) is 28.8 Å². The van der Waals surface area contributed by atoms with Crippen LogP contribution >= 0.6 is 0 Å². The molecular formula is C18H19N7. The van der Waals surface area contributed by atoms with E-state index >= 15 is 0 Å². The summed E-state index contributed by atoms with van der Waals surface area (Å²) in [5.74, 6) is 1.14. The van der Waals surface area contributed by atoms with Crippen LogP contribution in [-0.2, 0) is 6.42 Å². The molecule has 2 aromatic heterocycles. The fraction of sp³-hybridized carbons (Fsp3) is 0.222. The molecule has 0 atom stereocenters. The number of nitrogens with zero attached hydrogens (tertiary/aromatic N) is 4. The molecule has 0 amide bonds. The maximum atomic E-state index is 5.85. The van der Waals surface area contributed by atoms with E-state index in [1.165, 1.54) is 12.8 Å². The number of rotatable bonds is 4. The first kappa shape index (κ1) is 15.3. The first-order valence-corrected chi connectivity index (χ1v) is 8.20. The number of nitrogens with two attached hydrogens (primary N) is 3. The molecule has 126 valence electrons. The second-order valence-electron chi connectivity index (χ2n) is 6.35. The highest BCUT2D eigenvalue weighted by atomic mass is 15.0. The molecule has 1 aliphatic carbocycles. The Bertz CT molecular complexity index is 917. The summed E-state index contributed by atoms with van der Waals surface area (Å²) in [6, 6.07) is 7.57. The quantitative estimate of drug-likeness (QED) is 0.624. The number of hydrogen-bond donors (Lipinski definition) is 3. The van der Waals surface area contributed by atoms with Crippen LogP contribution in [-0.4, -0.2) is 19.9 Å². The Morgan fingerprint density at radius 2 is 1.48 bits per heavy atom. The van der Waals surface area contributed by atoms with Crippen molar-refractivity contribution in [3.8, 4) is 22.4 Å². The fourth-order valence-corrected chi connectivity index (χ4v) is 2.86. The fourth-order valence-electron chi connectivity index (χ4n) is 2.86. The van der Waals surface area contributed by atoms with Crippen LogP contribution in [0, 0.1) is 5.92 Å². The lowest BCUT2D eigenvalue weighted by Crippen LogP contribution is -2.06. The maximum absolute atomic E-state index is 5.85. The Balaban J connectivity index is 1.87. The minimum Gasteiger partial charge on any atom is -0.399 e. The van der Waals surface area contributed by atoms with E-state index in [0.29, 0.717) is 17.3 Å². The molecule has 25 heavy (non-hydrogen) atoms. The Morgan fingerprint density at radius 1 is 0.840 bits per heavy atom. The SMILES string of the molecule is Nc1ccc(-c2cnc(N)nc2-c2cnc(N)nc2CC2CC2)cc1. The molecule has 0 radical (unpaired) electrons. The molecule has 1 aliphatic rings. The van der Waals surface area contributed by atoms with Crippen LogP contribution in [0.5, 0.6) is 0 Å². The van der Waals surface area contributed by atoms with E-state index in [1.807, 2.05) is 24.3 Å². The summed E-state index contributed by atoms with van der Waals surface area (Å²) in [6.07, 6.45) is 6.76. The van der Waals surface area contributed by atoms with Crippen LogP contribution in [0.3, 0.4) is 0 Å². The Labute approximate surface area is 145 Å². The summed E-state index contributed by atoms with van der Waals surface area (Å²) in [4.78, 5) is 17.3. The molecule has 1 fully saturated rings. The Hall–Kier alpha value is -3.22. The van der Waals surface area contributed by atoms with Gasteiger partial charge in [-0.15, -0.1) is 0 Å². The van der Waals surface area contributed by atoms with Crippen LogP contribution in [0.15, 0.2) is 36.7 Å². The minimum absolute atomic E-state index is 0.211. The van der Waals surface area contributed by atoms with Gasteiger partial charge in [-0.1, -0.05) is 12.1 Å². The van der Waals surface area contributed by atoms with Gasteiger partial charge in [0.25, 0.3) is 0 Å². The molecule has 0 saturated heterocycles. The van der Waals surface area contributed by atoms with Gasteiger partial charge in [-0.2, -0.15) is 0 Å².